The second-order valence-corrected chi connectivity index (χ2v) is 4.57. The van der Waals surface area contributed by atoms with Crippen molar-refractivity contribution in [1.29, 1.82) is 0 Å². The zero-order valence-corrected chi connectivity index (χ0v) is 11.9. The molecule has 0 unspecified atom stereocenters. The third-order valence-corrected chi connectivity index (χ3v) is 3.22. The number of hydrogen-bond acceptors (Lipinski definition) is 4. The van der Waals surface area contributed by atoms with Crippen LogP contribution in [-0.2, 0) is 6.54 Å². The fourth-order valence-electron chi connectivity index (χ4n) is 2.24. The van der Waals surface area contributed by atoms with E-state index in [0.29, 0.717) is 18.1 Å². The van der Waals surface area contributed by atoms with Crippen LogP contribution in [0.3, 0.4) is 0 Å². The minimum absolute atomic E-state index is 0.215. The van der Waals surface area contributed by atoms with Crippen molar-refractivity contribution >= 4 is 11.6 Å². The van der Waals surface area contributed by atoms with Gasteiger partial charge in [0.15, 0.2) is 11.5 Å². The van der Waals surface area contributed by atoms with Crippen LogP contribution in [0.2, 0.25) is 0 Å². The molecule has 0 aliphatic carbocycles. The fraction of sp³-hybridized carbons (Fsp3) is 0.214. The van der Waals surface area contributed by atoms with Crippen LogP contribution in [0, 0.1) is 0 Å². The highest BCUT2D eigenvalue weighted by atomic mass is 16.1. The highest BCUT2D eigenvalue weighted by molar-refractivity contribution is 5.91. The van der Waals surface area contributed by atoms with E-state index < -0.39 is 0 Å². The molecule has 108 valence electrons. The van der Waals surface area contributed by atoms with Crippen molar-refractivity contribution in [2.75, 3.05) is 14.1 Å². The summed E-state index contributed by atoms with van der Waals surface area (Å²) in [6.45, 7) is 0.648. The Morgan fingerprint density at radius 2 is 2.10 bits per heavy atom. The van der Waals surface area contributed by atoms with Gasteiger partial charge >= 0.3 is 0 Å². The zero-order valence-electron chi connectivity index (χ0n) is 11.9. The van der Waals surface area contributed by atoms with Crippen LogP contribution >= 0.6 is 0 Å². The molecule has 0 aliphatic heterocycles. The first kappa shape index (κ1) is 13.3. The molecule has 0 saturated carbocycles. The van der Waals surface area contributed by atoms with E-state index in [0.717, 1.165) is 11.3 Å². The number of aromatic nitrogens is 4. The monoisotopic (exact) mass is 284 g/mol. The summed E-state index contributed by atoms with van der Waals surface area (Å²) in [6.07, 6.45) is 3.70. The van der Waals surface area contributed by atoms with E-state index in [1.807, 2.05) is 35.8 Å². The quantitative estimate of drug-likeness (QED) is 0.735. The van der Waals surface area contributed by atoms with Crippen LogP contribution in [0.1, 0.15) is 16.2 Å². The summed E-state index contributed by atoms with van der Waals surface area (Å²) in [7, 11) is 3.46. The van der Waals surface area contributed by atoms with E-state index in [1.54, 1.807) is 24.0 Å². The number of nitrogens with one attached hydrogen (secondary N) is 2. The molecule has 0 bridgehead atoms. The molecular weight excluding hydrogens is 268 g/mol. The van der Waals surface area contributed by atoms with Gasteiger partial charge in [-0.05, 0) is 25.2 Å². The molecule has 2 N–H and O–H groups in total. The van der Waals surface area contributed by atoms with Crippen molar-refractivity contribution in [3.8, 4) is 5.82 Å². The van der Waals surface area contributed by atoms with Crippen LogP contribution in [0.4, 0.5) is 0 Å². The summed E-state index contributed by atoms with van der Waals surface area (Å²) in [5, 5.41) is 9.98. The van der Waals surface area contributed by atoms with E-state index in [9.17, 15) is 4.79 Å². The second-order valence-electron chi connectivity index (χ2n) is 4.57. The normalized spacial score (nSPS) is 11.0. The van der Waals surface area contributed by atoms with Gasteiger partial charge in [0.2, 0.25) is 0 Å². The minimum atomic E-state index is -0.215. The van der Waals surface area contributed by atoms with Crippen molar-refractivity contribution in [3.63, 3.8) is 0 Å². The van der Waals surface area contributed by atoms with Crippen molar-refractivity contribution in [2.45, 2.75) is 6.54 Å². The average molecular weight is 284 g/mol. The maximum Gasteiger partial charge on any atom is 0.271 e. The number of carbonyl (C=O) groups is 1. The van der Waals surface area contributed by atoms with Gasteiger partial charge in [0, 0.05) is 26.0 Å². The van der Waals surface area contributed by atoms with E-state index in [2.05, 4.69) is 20.7 Å². The Morgan fingerprint density at radius 1 is 1.24 bits per heavy atom. The van der Waals surface area contributed by atoms with Gasteiger partial charge in [0.1, 0.15) is 5.65 Å². The summed E-state index contributed by atoms with van der Waals surface area (Å²) in [6, 6.07) is 7.50. The van der Waals surface area contributed by atoms with Gasteiger partial charge in [-0.2, -0.15) is 5.10 Å². The summed E-state index contributed by atoms with van der Waals surface area (Å²) in [5.41, 5.74) is 2.19. The largest absolute Gasteiger partial charge is 0.354 e. The Kier molecular flexibility index (Phi) is 3.41. The first-order valence-corrected chi connectivity index (χ1v) is 6.63. The molecule has 0 aromatic carbocycles. The lowest BCUT2D eigenvalue weighted by Gasteiger charge is -2.04. The second kappa shape index (κ2) is 5.37. The molecule has 1 amide bonds. The molecule has 3 aromatic heterocycles. The summed E-state index contributed by atoms with van der Waals surface area (Å²) in [5.74, 6) is 0.499. The molecule has 0 fully saturated rings. The molecular formula is C14H16N6O. The van der Waals surface area contributed by atoms with Gasteiger partial charge in [-0.1, -0.05) is 6.07 Å². The molecule has 7 heteroatoms. The van der Waals surface area contributed by atoms with E-state index in [4.69, 9.17) is 0 Å². The number of fused-ring (bicyclic) bond motifs is 1. The molecule has 3 rings (SSSR count). The number of amides is 1. The Labute approximate surface area is 121 Å². The summed E-state index contributed by atoms with van der Waals surface area (Å²) < 4.78 is 3.64. The van der Waals surface area contributed by atoms with Crippen LogP contribution in [0.25, 0.3) is 11.5 Å². The first-order chi connectivity index (χ1) is 10.2. The van der Waals surface area contributed by atoms with E-state index >= 15 is 0 Å². The van der Waals surface area contributed by atoms with Gasteiger partial charge in [0.05, 0.1) is 5.69 Å². The predicted molar refractivity (Wildman–Crippen MR) is 78.5 cm³/mol. The predicted octanol–water partition coefficient (Wildman–Crippen LogP) is 0.599. The summed E-state index contributed by atoms with van der Waals surface area (Å²) >= 11 is 0. The Morgan fingerprint density at radius 3 is 2.86 bits per heavy atom. The standard InChI is InChI=1S/C14H16N6O/c1-15-9-11-13(17-12-5-3-4-7-19(11)12)20-8-6-10(18-20)14(21)16-2/h3-8,15H,9H2,1-2H3,(H,16,21). The number of hydrogen-bond donors (Lipinski definition) is 2. The maximum atomic E-state index is 11.6. The molecule has 0 saturated heterocycles. The lowest BCUT2D eigenvalue weighted by molar-refractivity contribution is 0.0957. The summed E-state index contributed by atoms with van der Waals surface area (Å²) in [4.78, 5) is 16.2. The van der Waals surface area contributed by atoms with Crippen LogP contribution < -0.4 is 10.6 Å². The van der Waals surface area contributed by atoms with Gasteiger partial charge in [0.25, 0.3) is 5.91 Å². The van der Waals surface area contributed by atoms with Gasteiger partial charge < -0.3 is 15.0 Å². The third kappa shape index (κ3) is 2.27. The number of pyridine rings is 1. The molecule has 3 heterocycles. The molecule has 21 heavy (non-hydrogen) atoms. The molecule has 3 aromatic rings. The Bertz CT molecular complexity index is 788. The molecule has 0 atom stereocenters. The Hall–Kier alpha value is -2.67. The first-order valence-electron chi connectivity index (χ1n) is 6.63. The number of rotatable bonds is 4. The highest BCUT2D eigenvalue weighted by Gasteiger charge is 2.15. The van der Waals surface area contributed by atoms with E-state index in [1.165, 1.54) is 0 Å². The topological polar surface area (TPSA) is 76.2 Å². The Balaban J connectivity index is 2.12. The third-order valence-electron chi connectivity index (χ3n) is 3.22. The molecule has 0 radical (unpaired) electrons. The highest BCUT2D eigenvalue weighted by Crippen LogP contribution is 2.16. The van der Waals surface area contributed by atoms with Crippen LogP contribution in [0.15, 0.2) is 36.7 Å². The van der Waals surface area contributed by atoms with Crippen LogP contribution in [-0.4, -0.2) is 39.2 Å². The van der Waals surface area contributed by atoms with Gasteiger partial charge in [-0.3, -0.25) is 4.79 Å². The molecule has 0 spiro atoms. The van der Waals surface area contributed by atoms with E-state index in [-0.39, 0.29) is 5.91 Å². The lowest BCUT2D eigenvalue weighted by Crippen LogP contribution is -2.18. The SMILES string of the molecule is CNCc1c(-n2ccc(C(=O)NC)n2)nc2ccccn12. The number of nitrogens with zero attached hydrogens (tertiary/aromatic N) is 4. The number of imidazole rings is 1. The fourth-order valence-corrected chi connectivity index (χ4v) is 2.24. The minimum Gasteiger partial charge on any atom is -0.354 e. The van der Waals surface area contributed by atoms with Crippen molar-refractivity contribution < 1.29 is 4.79 Å². The zero-order chi connectivity index (χ0) is 14.8. The van der Waals surface area contributed by atoms with Crippen molar-refractivity contribution in [3.05, 3.63) is 48.0 Å². The molecule has 0 aliphatic rings. The average Bonchev–Trinajstić information content (AvgIpc) is 3.12. The van der Waals surface area contributed by atoms with Gasteiger partial charge in [-0.25, -0.2) is 9.67 Å². The van der Waals surface area contributed by atoms with Gasteiger partial charge in [-0.15, -0.1) is 0 Å². The smallest absolute Gasteiger partial charge is 0.271 e. The maximum absolute atomic E-state index is 11.6. The molecule has 7 nitrogen and oxygen atoms in total. The number of carbonyl (C=O) groups excluding carboxylic acids is 1. The van der Waals surface area contributed by atoms with Crippen molar-refractivity contribution in [1.82, 2.24) is 29.8 Å². The van der Waals surface area contributed by atoms with Crippen LogP contribution in [0.5, 0.6) is 0 Å². The van der Waals surface area contributed by atoms with Crippen molar-refractivity contribution in [2.24, 2.45) is 0 Å². The lowest BCUT2D eigenvalue weighted by atomic mass is 10.4.